The van der Waals surface area contributed by atoms with Crippen molar-refractivity contribution in [2.45, 2.75) is 53.3 Å². The van der Waals surface area contributed by atoms with Crippen LogP contribution in [0.3, 0.4) is 0 Å². The molecule has 0 aromatic heterocycles. The third-order valence-corrected chi connectivity index (χ3v) is 4.17. The molecule has 1 atom stereocenters. The average Bonchev–Trinajstić information content (AvgIpc) is 1.87. The van der Waals surface area contributed by atoms with Gasteiger partial charge in [-0.25, -0.2) is 0 Å². The third-order valence-electron chi connectivity index (χ3n) is 3.62. The number of alkyl halides is 1. The topological polar surface area (TPSA) is 0 Å². The Labute approximate surface area is 76.3 Å². The van der Waals surface area contributed by atoms with Gasteiger partial charge in [-0.3, -0.25) is 0 Å². The van der Waals surface area contributed by atoms with E-state index in [9.17, 15) is 0 Å². The molecule has 0 rings (SSSR count). The summed E-state index contributed by atoms with van der Waals surface area (Å²) in [4.78, 5) is 0. The average molecular weight is 177 g/mol. The Balaban J connectivity index is 4.53. The molecule has 0 saturated carbocycles. The van der Waals surface area contributed by atoms with Crippen LogP contribution >= 0.6 is 11.6 Å². The summed E-state index contributed by atoms with van der Waals surface area (Å²) in [6.07, 6.45) is 1.18. The highest BCUT2D eigenvalue weighted by Gasteiger charge is 2.38. The van der Waals surface area contributed by atoms with Crippen LogP contribution in [0.2, 0.25) is 0 Å². The Bertz CT molecular complexity index is 123. The van der Waals surface area contributed by atoms with Crippen LogP contribution in [0.1, 0.15) is 48.0 Å². The summed E-state index contributed by atoms with van der Waals surface area (Å²) in [6, 6.07) is 0. The summed E-state index contributed by atoms with van der Waals surface area (Å²) < 4.78 is 0. The smallest absolute Gasteiger partial charge is 0.0363 e. The van der Waals surface area contributed by atoms with E-state index in [4.69, 9.17) is 11.6 Å². The van der Waals surface area contributed by atoms with E-state index in [1.807, 2.05) is 0 Å². The zero-order valence-corrected chi connectivity index (χ0v) is 9.42. The SMILES string of the molecule is CCC(C)(C)C(C)(C)C(C)Cl. The van der Waals surface area contributed by atoms with Crippen molar-refractivity contribution >= 4 is 11.6 Å². The second kappa shape index (κ2) is 3.35. The van der Waals surface area contributed by atoms with Crippen molar-refractivity contribution in [1.29, 1.82) is 0 Å². The number of halogens is 1. The van der Waals surface area contributed by atoms with Gasteiger partial charge in [0.05, 0.1) is 0 Å². The Kier molecular flexibility index (Phi) is 3.43. The van der Waals surface area contributed by atoms with Gasteiger partial charge in [0.15, 0.2) is 0 Å². The minimum atomic E-state index is 0.212. The molecule has 0 radical (unpaired) electrons. The van der Waals surface area contributed by atoms with Crippen LogP contribution in [0.15, 0.2) is 0 Å². The van der Waals surface area contributed by atoms with Gasteiger partial charge in [0, 0.05) is 5.38 Å². The maximum absolute atomic E-state index is 6.13. The molecule has 0 aliphatic rings. The van der Waals surface area contributed by atoms with E-state index in [1.54, 1.807) is 0 Å². The van der Waals surface area contributed by atoms with E-state index in [-0.39, 0.29) is 10.8 Å². The summed E-state index contributed by atoms with van der Waals surface area (Å²) in [6.45, 7) is 13.4. The molecule has 11 heavy (non-hydrogen) atoms. The molecule has 0 saturated heterocycles. The van der Waals surface area contributed by atoms with Crippen molar-refractivity contribution in [3.8, 4) is 0 Å². The first-order valence-corrected chi connectivity index (χ1v) is 4.83. The van der Waals surface area contributed by atoms with Crippen molar-refractivity contribution in [3.63, 3.8) is 0 Å². The van der Waals surface area contributed by atoms with Crippen molar-refractivity contribution in [3.05, 3.63) is 0 Å². The fourth-order valence-corrected chi connectivity index (χ4v) is 1.29. The lowest BCUT2D eigenvalue weighted by atomic mass is 9.65. The van der Waals surface area contributed by atoms with Gasteiger partial charge < -0.3 is 0 Å². The maximum Gasteiger partial charge on any atom is 0.0363 e. The molecule has 0 spiro atoms. The first-order chi connectivity index (χ1) is 4.75. The van der Waals surface area contributed by atoms with Crippen molar-refractivity contribution in [1.82, 2.24) is 0 Å². The second-order valence-electron chi connectivity index (χ2n) is 4.58. The molecule has 68 valence electrons. The van der Waals surface area contributed by atoms with E-state index in [2.05, 4.69) is 41.5 Å². The predicted molar refractivity (Wildman–Crippen MR) is 53.2 cm³/mol. The van der Waals surface area contributed by atoms with E-state index < -0.39 is 0 Å². The molecule has 1 heteroatoms. The Hall–Kier alpha value is 0.290. The molecule has 0 aromatic carbocycles. The fourth-order valence-electron chi connectivity index (χ4n) is 0.994. The van der Waals surface area contributed by atoms with Crippen LogP contribution in [0, 0.1) is 10.8 Å². The van der Waals surface area contributed by atoms with E-state index in [0.717, 1.165) is 0 Å². The summed E-state index contributed by atoms with van der Waals surface area (Å²) in [7, 11) is 0. The predicted octanol–water partition coefficient (Wildman–Crippen LogP) is 4.08. The second-order valence-corrected chi connectivity index (χ2v) is 5.23. The molecular weight excluding hydrogens is 156 g/mol. The van der Waals surface area contributed by atoms with Gasteiger partial charge in [0.1, 0.15) is 0 Å². The van der Waals surface area contributed by atoms with E-state index >= 15 is 0 Å². The highest BCUT2D eigenvalue weighted by Crippen LogP contribution is 2.45. The highest BCUT2D eigenvalue weighted by molar-refractivity contribution is 6.20. The van der Waals surface area contributed by atoms with Crippen LogP contribution in [0.5, 0.6) is 0 Å². The molecule has 0 aliphatic heterocycles. The van der Waals surface area contributed by atoms with Gasteiger partial charge >= 0.3 is 0 Å². The van der Waals surface area contributed by atoms with Crippen molar-refractivity contribution in [2.75, 3.05) is 0 Å². The first kappa shape index (κ1) is 11.3. The summed E-state index contributed by atoms with van der Waals surface area (Å²) in [5.41, 5.74) is 0.539. The normalized spacial score (nSPS) is 16.6. The molecular formula is C10H21Cl. The third kappa shape index (κ3) is 2.11. The number of hydrogen-bond acceptors (Lipinski definition) is 0. The van der Waals surface area contributed by atoms with Crippen LogP contribution in [-0.2, 0) is 0 Å². The van der Waals surface area contributed by atoms with Gasteiger partial charge in [-0.15, -0.1) is 11.6 Å². The maximum atomic E-state index is 6.13. The lowest BCUT2D eigenvalue weighted by molar-refractivity contribution is 0.104. The quantitative estimate of drug-likeness (QED) is 0.569. The van der Waals surface area contributed by atoms with Crippen molar-refractivity contribution in [2.24, 2.45) is 10.8 Å². The summed E-state index contributed by atoms with van der Waals surface area (Å²) in [5, 5.41) is 0.234. The lowest BCUT2D eigenvalue weighted by Gasteiger charge is -2.43. The molecule has 0 aromatic rings. The van der Waals surface area contributed by atoms with Crippen molar-refractivity contribution < 1.29 is 0 Å². The first-order valence-electron chi connectivity index (χ1n) is 4.39. The zero-order chi connectivity index (χ0) is 9.28. The van der Waals surface area contributed by atoms with Gasteiger partial charge in [-0.05, 0) is 17.8 Å². The Morgan fingerprint density at radius 2 is 1.55 bits per heavy atom. The van der Waals surface area contributed by atoms with Crippen LogP contribution in [0.25, 0.3) is 0 Å². The Morgan fingerprint density at radius 3 is 1.64 bits per heavy atom. The summed E-state index contributed by atoms with van der Waals surface area (Å²) >= 11 is 6.13. The zero-order valence-electron chi connectivity index (χ0n) is 8.66. The minimum absolute atomic E-state index is 0.212. The monoisotopic (exact) mass is 176 g/mol. The van der Waals surface area contributed by atoms with Gasteiger partial charge in [-0.1, -0.05) is 41.0 Å². The minimum Gasteiger partial charge on any atom is -0.123 e. The van der Waals surface area contributed by atoms with Crippen LogP contribution in [0.4, 0.5) is 0 Å². The fraction of sp³-hybridized carbons (Fsp3) is 1.00. The Morgan fingerprint density at radius 1 is 1.18 bits per heavy atom. The van der Waals surface area contributed by atoms with Gasteiger partial charge in [0.25, 0.3) is 0 Å². The summed E-state index contributed by atoms with van der Waals surface area (Å²) in [5.74, 6) is 0. The molecule has 1 unspecified atom stereocenters. The van der Waals surface area contributed by atoms with E-state index in [1.165, 1.54) is 6.42 Å². The van der Waals surface area contributed by atoms with Gasteiger partial charge in [0.2, 0.25) is 0 Å². The molecule has 0 amide bonds. The molecule has 0 aliphatic carbocycles. The number of rotatable bonds is 3. The molecule has 0 fully saturated rings. The van der Waals surface area contributed by atoms with E-state index in [0.29, 0.717) is 5.41 Å². The molecule has 0 heterocycles. The highest BCUT2D eigenvalue weighted by atomic mass is 35.5. The largest absolute Gasteiger partial charge is 0.123 e. The molecule has 0 N–H and O–H groups in total. The molecule has 0 nitrogen and oxygen atoms in total. The number of hydrogen-bond donors (Lipinski definition) is 0. The van der Waals surface area contributed by atoms with Gasteiger partial charge in [-0.2, -0.15) is 0 Å². The van der Waals surface area contributed by atoms with Crippen LogP contribution < -0.4 is 0 Å². The standard InChI is InChI=1S/C10H21Cl/c1-7-9(3,4)10(5,6)8(2)11/h8H,7H2,1-6H3. The molecule has 0 bridgehead atoms. The lowest BCUT2D eigenvalue weighted by Crippen LogP contribution is -2.38. The van der Waals surface area contributed by atoms with Crippen LogP contribution in [-0.4, -0.2) is 5.38 Å².